The van der Waals surface area contributed by atoms with Crippen LogP contribution in [0.4, 0.5) is 11.4 Å². The minimum absolute atomic E-state index is 0.137. The van der Waals surface area contributed by atoms with Gasteiger partial charge in [0, 0.05) is 23.4 Å². The highest BCUT2D eigenvalue weighted by molar-refractivity contribution is 7.89. The van der Waals surface area contributed by atoms with Crippen LogP contribution in [-0.4, -0.2) is 30.1 Å². The molecule has 172 valence electrons. The standard InChI is InChI=1S/C23H17N3O7S/c24-34(32,33)18-11-9-16(10-12-18)25-20(15-7-4-8-17(13-15)26(30)31)19(22(28)23(25)29)21(27)14-5-2-1-3-6-14/h1-13,20,27H,(H2,24,32,33)/b21-19+. The van der Waals surface area contributed by atoms with Gasteiger partial charge < -0.3 is 5.11 Å². The molecule has 0 aromatic heterocycles. The smallest absolute Gasteiger partial charge is 0.300 e. The predicted octanol–water partition coefficient (Wildman–Crippen LogP) is 2.87. The highest BCUT2D eigenvalue weighted by Crippen LogP contribution is 2.42. The molecule has 3 N–H and O–H groups in total. The zero-order chi connectivity index (χ0) is 24.6. The first-order chi connectivity index (χ1) is 16.1. The Hall–Kier alpha value is -4.35. The first kappa shape index (κ1) is 22.8. The Labute approximate surface area is 193 Å². The van der Waals surface area contributed by atoms with Gasteiger partial charge in [0.25, 0.3) is 17.4 Å². The van der Waals surface area contributed by atoms with E-state index in [9.17, 15) is 33.2 Å². The quantitative estimate of drug-likeness (QED) is 0.187. The van der Waals surface area contributed by atoms with Crippen molar-refractivity contribution in [2.45, 2.75) is 10.9 Å². The highest BCUT2D eigenvalue weighted by Gasteiger charge is 2.47. The SMILES string of the molecule is NS(=O)(=O)c1ccc(N2C(=O)C(=O)/C(=C(/O)c3ccccc3)C2c2cccc([N+](=O)[O-])c2)cc1. The summed E-state index contributed by atoms with van der Waals surface area (Å²) in [5.74, 6) is -2.43. The summed E-state index contributed by atoms with van der Waals surface area (Å²) in [6.45, 7) is 0. The molecule has 1 heterocycles. The van der Waals surface area contributed by atoms with Gasteiger partial charge in [0.05, 0.1) is 21.4 Å². The number of nitro groups is 1. The zero-order valence-corrected chi connectivity index (χ0v) is 18.2. The number of primary sulfonamides is 1. The number of nitro benzene ring substituents is 1. The van der Waals surface area contributed by atoms with Crippen LogP contribution in [0.25, 0.3) is 5.76 Å². The number of benzene rings is 3. The number of non-ortho nitro benzene ring substituents is 1. The lowest BCUT2D eigenvalue weighted by Crippen LogP contribution is -2.29. The maximum absolute atomic E-state index is 13.1. The van der Waals surface area contributed by atoms with Crippen molar-refractivity contribution in [2.24, 2.45) is 5.14 Å². The Morgan fingerprint density at radius 3 is 2.21 bits per heavy atom. The van der Waals surface area contributed by atoms with Crippen LogP contribution in [0.15, 0.2) is 89.3 Å². The van der Waals surface area contributed by atoms with Gasteiger partial charge in [-0.2, -0.15) is 0 Å². The van der Waals surface area contributed by atoms with Crippen molar-refractivity contribution in [1.29, 1.82) is 0 Å². The van der Waals surface area contributed by atoms with Gasteiger partial charge in [-0.25, -0.2) is 13.6 Å². The summed E-state index contributed by atoms with van der Waals surface area (Å²) in [4.78, 5) is 37.7. The first-order valence-corrected chi connectivity index (χ1v) is 11.4. The number of rotatable bonds is 5. The lowest BCUT2D eigenvalue weighted by atomic mass is 9.95. The molecular formula is C23H17N3O7S. The molecular weight excluding hydrogens is 462 g/mol. The summed E-state index contributed by atoms with van der Waals surface area (Å²) in [5, 5.41) is 27.5. The number of carbonyl (C=O) groups is 2. The zero-order valence-electron chi connectivity index (χ0n) is 17.4. The van der Waals surface area contributed by atoms with E-state index in [1.807, 2.05) is 0 Å². The number of sulfonamides is 1. The molecule has 1 unspecified atom stereocenters. The van der Waals surface area contributed by atoms with E-state index >= 15 is 0 Å². The first-order valence-electron chi connectivity index (χ1n) is 9.83. The van der Waals surface area contributed by atoms with Crippen LogP contribution in [0.3, 0.4) is 0 Å². The minimum Gasteiger partial charge on any atom is -0.507 e. The predicted molar refractivity (Wildman–Crippen MR) is 122 cm³/mol. The normalized spacial score (nSPS) is 17.7. The molecule has 1 aliphatic rings. The maximum Gasteiger partial charge on any atom is 0.300 e. The second-order valence-corrected chi connectivity index (χ2v) is 8.99. The molecule has 1 atom stereocenters. The van der Waals surface area contributed by atoms with Crippen LogP contribution < -0.4 is 10.0 Å². The number of aliphatic hydroxyl groups is 1. The lowest BCUT2D eigenvalue weighted by molar-refractivity contribution is -0.384. The van der Waals surface area contributed by atoms with Crippen LogP contribution in [0.2, 0.25) is 0 Å². The Morgan fingerprint density at radius 1 is 0.971 bits per heavy atom. The maximum atomic E-state index is 13.1. The summed E-state index contributed by atoms with van der Waals surface area (Å²) in [6.07, 6.45) is 0. The fraction of sp³-hybridized carbons (Fsp3) is 0.0435. The van der Waals surface area contributed by atoms with E-state index in [2.05, 4.69) is 0 Å². The number of hydrogen-bond acceptors (Lipinski definition) is 7. The van der Waals surface area contributed by atoms with E-state index in [1.54, 1.807) is 30.3 Å². The molecule has 0 spiro atoms. The second kappa shape index (κ2) is 8.54. The number of Topliss-reactive ketones (excluding diaryl/α,β-unsaturated/α-hetero) is 1. The van der Waals surface area contributed by atoms with Crippen LogP contribution in [0, 0.1) is 10.1 Å². The number of carbonyl (C=O) groups excluding carboxylic acids is 2. The van der Waals surface area contributed by atoms with Gasteiger partial charge in [-0.1, -0.05) is 42.5 Å². The molecule has 11 heteroatoms. The summed E-state index contributed by atoms with van der Waals surface area (Å²) in [7, 11) is -4.00. The van der Waals surface area contributed by atoms with Crippen LogP contribution in [-0.2, 0) is 19.6 Å². The van der Waals surface area contributed by atoms with Gasteiger partial charge in [-0.15, -0.1) is 0 Å². The van der Waals surface area contributed by atoms with Gasteiger partial charge >= 0.3 is 0 Å². The third kappa shape index (κ3) is 4.05. The molecule has 4 rings (SSSR count). The van der Waals surface area contributed by atoms with Crippen molar-refractivity contribution in [3.63, 3.8) is 0 Å². The second-order valence-electron chi connectivity index (χ2n) is 7.43. The van der Waals surface area contributed by atoms with Crippen LogP contribution in [0.5, 0.6) is 0 Å². The topological polar surface area (TPSA) is 161 Å². The summed E-state index contributed by atoms with van der Waals surface area (Å²) in [6, 6.07) is 17.2. The molecule has 1 fully saturated rings. The average Bonchev–Trinajstić information content (AvgIpc) is 3.09. The van der Waals surface area contributed by atoms with Crippen molar-refractivity contribution in [2.75, 3.05) is 4.90 Å². The van der Waals surface area contributed by atoms with E-state index in [4.69, 9.17) is 5.14 Å². The molecule has 1 amide bonds. The molecule has 0 radical (unpaired) electrons. The molecule has 34 heavy (non-hydrogen) atoms. The Bertz CT molecular complexity index is 1450. The molecule has 1 saturated heterocycles. The third-order valence-electron chi connectivity index (χ3n) is 5.33. The van der Waals surface area contributed by atoms with Crippen molar-refractivity contribution < 1.29 is 28.0 Å². The number of nitrogens with zero attached hydrogens (tertiary/aromatic N) is 2. The number of anilines is 1. The van der Waals surface area contributed by atoms with E-state index < -0.39 is 38.4 Å². The summed E-state index contributed by atoms with van der Waals surface area (Å²) < 4.78 is 23.2. The molecule has 3 aromatic carbocycles. The minimum atomic E-state index is -4.00. The van der Waals surface area contributed by atoms with Gasteiger partial charge in [0.1, 0.15) is 5.76 Å². The van der Waals surface area contributed by atoms with Gasteiger partial charge in [-0.05, 0) is 29.8 Å². The highest BCUT2D eigenvalue weighted by atomic mass is 32.2. The van der Waals surface area contributed by atoms with E-state index in [-0.39, 0.29) is 33.0 Å². The molecule has 1 aliphatic heterocycles. The number of amides is 1. The summed E-state index contributed by atoms with van der Waals surface area (Å²) in [5.41, 5.74) is 0.0969. The van der Waals surface area contributed by atoms with Crippen molar-refractivity contribution in [1.82, 2.24) is 0 Å². The van der Waals surface area contributed by atoms with Crippen molar-refractivity contribution >= 4 is 38.8 Å². The van der Waals surface area contributed by atoms with Gasteiger partial charge in [0.2, 0.25) is 10.0 Å². The van der Waals surface area contributed by atoms with E-state index in [0.29, 0.717) is 0 Å². The van der Waals surface area contributed by atoms with Gasteiger partial charge in [0.15, 0.2) is 0 Å². The van der Waals surface area contributed by atoms with E-state index in [1.165, 1.54) is 48.5 Å². The number of ketones is 1. The van der Waals surface area contributed by atoms with Crippen molar-refractivity contribution in [3.05, 3.63) is 106 Å². The van der Waals surface area contributed by atoms with E-state index in [0.717, 1.165) is 4.90 Å². The molecule has 3 aromatic rings. The molecule has 0 bridgehead atoms. The van der Waals surface area contributed by atoms with Crippen molar-refractivity contribution in [3.8, 4) is 0 Å². The number of hydrogen-bond donors (Lipinski definition) is 2. The monoisotopic (exact) mass is 479 g/mol. The molecule has 10 nitrogen and oxygen atoms in total. The number of aliphatic hydroxyl groups excluding tert-OH is 1. The lowest BCUT2D eigenvalue weighted by Gasteiger charge is -2.25. The Kier molecular flexibility index (Phi) is 5.73. The Morgan fingerprint density at radius 2 is 1.62 bits per heavy atom. The largest absolute Gasteiger partial charge is 0.507 e. The van der Waals surface area contributed by atoms with Gasteiger partial charge in [-0.3, -0.25) is 24.6 Å². The third-order valence-corrected chi connectivity index (χ3v) is 6.26. The molecule has 0 aliphatic carbocycles. The number of nitrogens with two attached hydrogens (primary N) is 1. The summed E-state index contributed by atoms with van der Waals surface area (Å²) >= 11 is 0. The molecule has 0 saturated carbocycles. The average molecular weight is 479 g/mol. The Balaban J connectivity index is 1.95. The van der Waals surface area contributed by atoms with Crippen LogP contribution >= 0.6 is 0 Å². The van der Waals surface area contributed by atoms with Crippen LogP contribution in [0.1, 0.15) is 17.2 Å². The fourth-order valence-corrected chi connectivity index (χ4v) is 4.29. The fourth-order valence-electron chi connectivity index (χ4n) is 3.77.